The first kappa shape index (κ1) is 11.6. The largest absolute Gasteiger partial charge is 0.382 e. The van der Waals surface area contributed by atoms with Gasteiger partial charge in [-0.1, -0.05) is 19.8 Å². The molecular formula is C12H17N5. The van der Waals surface area contributed by atoms with E-state index in [0.29, 0.717) is 0 Å². The lowest BCUT2D eigenvalue weighted by Crippen LogP contribution is -2.07. The Labute approximate surface area is 101 Å². The Kier molecular flexibility index (Phi) is 4.07. The van der Waals surface area contributed by atoms with Gasteiger partial charge in [-0.15, -0.1) is 0 Å². The summed E-state index contributed by atoms with van der Waals surface area (Å²) in [5.74, 6) is 0.793. The zero-order valence-corrected chi connectivity index (χ0v) is 10.0. The Morgan fingerprint density at radius 3 is 3.06 bits per heavy atom. The zero-order chi connectivity index (χ0) is 11.9. The van der Waals surface area contributed by atoms with Gasteiger partial charge in [-0.05, 0) is 18.6 Å². The van der Waals surface area contributed by atoms with E-state index in [4.69, 9.17) is 0 Å². The number of hydrogen-bond donors (Lipinski definition) is 1. The Balaban J connectivity index is 2.06. The third-order valence-corrected chi connectivity index (χ3v) is 2.52. The van der Waals surface area contributed by atoms with Crippen molar-refractivity contribution < 1.29 is 0 Å². The van der Waals surface area contributed by atoms with Crippen LogP contribution in [0.15, 0.2) is 31.0 Å². The third kappa shape index (κ3) is 3.03. The SMILES string of the molecule is CCCCCNc1cccnc1-n1cncn1. The van der Waals surface area contributed by atoms with Crippen molar-refractivity contribution >= 4 is 5.69 Å². The molecule has 0 radical (unpaired) electrons. The highest BCUT2D eigenvalue weighted by Gasteiger charge is 2.04. The molecule has 2 aromatic rings. The Hall–Kier alpha value is -1.91. The van der Waals surface area contributed by atoms with Crippen LogP contribution in [-0.2, 0) is 0 Å². The van der Waals surface area contributed by atoms with Crippen LogP contribution in [0.4, 0.5) is 5.69 Å². The van der Waals surface area contributed by atoms with Crippen molar-refractivity contribution in [2.24, 2.45) is 0 Å². The van der Waals surface area contributed by atoms with Crippen molar-refractivity contribution in [3.8, 4) is 5.82 Å². The van der Waals surface area contributed by atoms with Crippen LogP contribution in [0.2, 0.25) is 0 Å². The lowest BCUT2D eigenvalue weighted by Gasteiger charge is -2.09. The van der Waals surface area contributed by atoms with E-state index in [0.717, 1.165) is 18.1 Å². The monoisotopic (exact) mass is 231 g/mol. The van der Waals surface area contributed by atoms with Gasteiger partial charge in [0.05, 0.1) is 5.69 Å². The molecular weight excluding hydrogens is 214 g/mol. The molecule has 0 atom stereocenters. The molecule has 0 spiro atoms. The molecule has 90 valence electrons. The Morgan fingerprint density at radius 1 is 1.35 bits per heavy atom. The van der Waals surface area contributed by atoms with Crippen molar-refractivity contribution in [3.05, 3.63) is 31.0 Å². The summed E-state index contributed by atoms with van der Waals surface area (Å²) in [6, 6.07) is 3.93. The molecule has 0 aliphatic rings. The number of nitrogens with one attached hydrogen (secondary N) is 1. The summed E-state index contributed by atoms with van der Waals surface area (Å²) in [6.07, 6.45) is 8.56. The maximum absolute atomic E-state index is 4.32. The first-order valence-electron chi connectivity index (χ1n) is 5.95. The fourth-order valence-electron chi connectivity index (χ4n) is 1.63. The van der Waals surface area contributed by atoms with E-state index < -0.39 is 0 Å². The maximum Gasteiger partial charge on any atom is 0.178 e. The quantitative estimate of drug-likeness (QED) is 0.775. The predicted molar refractivity (Wildman–Crippen MR) is 67.2 cm³/mol. The van der Waals surface area contributed by atoms with Gasteiger partial charge in [0.15, 0.2) is 5.82 Å². The second kappa shape index (κ2) is 5.98. The Morgan fingerprint density at radius 2 is 2.29 bits per heavy atom. The van der Waals surface area contributed by atoms with Gasteiger partial charge >= 0.3 is 0 Å². The van der Waals surface area contributed by atoms with E-state index in [1.54, 1.807) is 17.2 Å². The van der Waals surface area contributed by atoms with Crippen LogP contribution in [0.5, 0.6) is 0 Å². The highest BCUT2D eigenvalue weighted by molar-refractivity contribution is 5.55. The van der Waals surface area contributed by atoms with Crippen LogP contribution < -0.4 is 5.32 Å². The summed E-state index contributed by atoms with van der Waals surface area (Å²) < 4.78 is 1.67. The van der Waals surface area contributed by atoms with E-state index in [-0.39, 0.29) is 0 Å². The minimum Gasteiger partial charge on any atom is -0.382 e. The van der Waals surface area contributed by atoms with Gasteiger partial charge in [0.2, 0.25) is 0 Å². The minimum atomic E-state index is 0.793. The number of nitrogens with zero attached hydrogens (tertiary/aromatic N) is 4. The summed E-state index contributed by atoms with van der Waals surface area (Å²) in [7, 11) is 0. The molecule has 0 aliphatic carbocycles. The minimum absolute atomic E-state index is 0.793. The Bertz CT molecular complexity index is 438. The average Bonchev–Trinajstić information content (AvgIpc) is 2.89. The number of rotatable bonds is 6. The van der Waals surface area contributed by atoms with Crippen molar-refractivity contribution in [3.63, 3.8) is 0 Å². The number of unbranched alkanes of at least 4 members (excludes halogenated alkanes) is 2. The molecule has 0 fully saturated rings. The van der Waals surface area contributed by atoms with Crippen LogP contribution in [0.1, 0.15) is 26.2 Å². The van der Waals surface area contributed by atoms with Crippen LogP contribution in [0.3, 0.4) is 0 Å². The van der Waals surface area contributed by atoms with Crippen LogP contribution in [-0.4, -0.2) is 26.3 Å². The van der Waals surface area contributed by atoms with Gasteiger partial charge in [-0.25, -0.2) is 14.6 Å². The maximum atomic E-state index is 4.32. The van der Waals surface area contributed by atoms with Crippen molar-refractivity contribution in [2.45, 2.75) is 26.2 Å². The summed E-state index contributed by atoms with van der Waals surface area (Å²) in [4.78, 5) is 8.25. The molecule has 0 aromatic carbocycles. The smallest absolute Gasteiger partial charge is 0.178 e. The molecule has 0 saturated carbocycles. The molecule has 0 amide bonds. The molecule has 0 bridgehead atoms. The fraction of sp³-hybridized carbons (Fsp3) is 0.417. The third-order valence-electron chi connectivity index (χ3n) is 2.52. The second-order valence-electron chi connectivity index (χ2n) is 3.85. The van der Waals surface area contributed by atoms with Crippen LogP contribution in [0, 0.1) is 0 Å². The summed E-state index contributed by atoms with van der Waals surface area (Å²) in [6.45, 7) is 3.16. The number of hydrogen-bond acceptors (Lipinski definition) is 4. The van der Waals surface area contributed by atoms with Gasteiger partial charge < -0.3 is 5.32 Å². The highest BCUT2D eigenvalue weighted by Crippen LogP contribution is 2.15. The second-order valence-corrected chi connectivity index (χ2v) is 3.85. The molecule has 0 aliphatic heterocycles. The molecule has 5 nitrogen and oxygen atoms in total. The van der Waals surface area contributed by atoms with Gasteiger partial charge in [0.25, 0.3) is 0 Å². The summed E-state index contributed by atoms with van der Waals surface area (Å²) >= 11 is 0. The summed E-state index contributed by atoms with van der Waals surface area (Å²) in [5.41, 5.74) is 0.995. The molecule has 1 N–H and O–H groups in total. The zero-order valence-electron chi connectivity index (χ0n) is 10.0. The van der Waals surface area contributed by atoms with E-state index >= 15 is 0 Å². The van der Waals surface area contributed by atoms with E-state index in [9.17, 15) is 0 Å². The fourth-order valence-corrected chi connectivity index (χ4v) is 1.63. The van der Waals surface area contributed by atoms with Crippen LogP contribution in [0.25, 0.3) is 5.82 Å². The van der Waals surface area contributed by atoms with E-state index in [1.165, 1.54) is 25.6 Å². The standard InChI is InChI=1S/C12H17N5/c1-2-3-4-7-14-11-6-5-8-15-12(11)17-10-13-9-16-17/h5-6,8-10,14H,2-4,7H2,1H3. The van der Waals surface area contributed by atoms with Gasteiger partial charge in [0.1, 0.15) is 12.7 Å². The normalized spacial score (nSPS) is 10.4. The molecule has 17 heavy (non-hydrogen) atoms. The van der Waals surface area contributed by atoms with Gasteiger partial charge in [-0.2, -0.15) is 5.10 Å². The molecule has 2 aromatic heterocycles. The highest BCUT2D eigenvalue weighted by atomic mass is 15.3. The van der Waals surface area contributed by atoms with Crippen molar-refractivity contribution in [1.29, 1.82) is 0 Å². The first-order chi connectivity index (χ1) is 8.42. The van der Waals surface area contributed by atoms with Crippen LogP contribution >= 0.6 is 0 Å². The van der Waals surface area contributed by atoms with Crippen molar-refractivity contribution in [2.75, 3.05) is 11.9 Å². The molecule has 2 heterocycles. The summed E-state index contributed by atoms with van der Waals surface area (Å²) in [5, 5.41) is 7.48. The molecule has 2 rings (SSSR count). The van der Waals surface area contributed by atoms with E-state index in [2.05, 4.69) is 27.3 Å². The average molecular weight is 231 g/mol. The molecule has 5 heteroatoms. The number of aromatic nitrogens is 4. The number of anilines is 1. The lowest BCUT2D eigenvalue weighted by molar-refractivity contribution is 0.742. The van der Waals surface area contributed by atoms with E-state index in [1.807, 2.05) is 12.1 Å². The topological polar surface area (TPSA) is 55.6 Å². The van der Waals surface area contributed by atoms with Gasteiger partial charge in [0, 0.05) is 12.7 Å². The number of pyridine rings is 1. The first-order valence-corrected chi connectivity index (χ1v) is 5.95. The molecule has 0 saturated heterocycles. The molecule has 0 unspecified atom stereocenters. The predicted octanol–water partition coefficient (Wildman–Crippen LogP) is 2.26. The lowest BCUT2D eigenvalue weighted by atomic mass is 10.2. The van der Waals surface area contributed by atoms with Crippen molar-refractivity contribution in [1.82, 2.24) is 19.7 Å². The van der Waals surface area contributed by atoms with Gasteiger partial charge in [-0.3, -0.25) is 0 Å².